The van der Waals surface area contributed by atoms with Crippen LogP contribution < -0.4 is 0 Å². The van der Waals surface area contributed by atoms with Gasteiger partial charge in [-0.15, -0.1) is 0 Å². The molecule has 140 valence electrons. The Bertz CT molecular complexity index is 902. The number of nitrogens with zero attached hydrogens (tertiary/aromatic N) is 2. The Morgan fingerprint density at radius 1 is 0.926 bits per heavy atom. The monoisotopic (exact) mass is 358 g/mol. The second kappa shape index (κ2) is 7.16. The van der Waals surface area contributed by atoms with E-state index in [1.165, 1.54) is 55.4 Å². The van der Waals surface area contributed by atoms with E-state index in [1.807, 2.05) is 0 Å². The van der Waals surface area contributed by atoms with Crippen molar-refractivity contribution in [2.75, 3.05) is 13.1 Å². The van der Waals surface area contributed by atoms with Gasteiger partial charge in [0, 0.05) is 30.2 Å². The fraction of sp³-hybridized carbons (Fsp3) is 0.440. The predicted molar refractivity (Wildman–Crippen MR) is 113 cm³/mol. The van der Waals surface area contributed by atoms with E-state index in [4.69, 9.17) is 0 Å². The molecule has 0 radical (unpaired) electrons. The molecule has 2 heteroatoms. The van der Waals surface area contributed by atoms with Crippen LogP contribution in [-0.4, -0.2) is 22.6 Å². The van der Waals surface area contributed by atoms with Crippen molar-refractivity contribution in [2.45, 2.75) is 45.2 Å². The van der Waals surface area contributed by atoms with Crippen LogP contribution in [-0.2, 0) is 13.1 Å². The first-order chi connectivity index (χ1) is 13.3. The molecule has 0 aliphatic carbocycles. The first-order valence-corrected chi connectivity index (χ1v) is 10.6. The second-order valence-corrected chi connectivity index (χ2v) is 8.73. The quantitative estimate of drug-likeness (QED) is 0.583. The number of para-hydroxylation sites is 1. The van der Waals surface area contributed by atoms with Crippen LogP contribution >= 0.6 is 0 Å². The molecule has 2 nitrogen and oxygen atoms in total. The van der Waals surface area contributed by atoms with Crippen molar-refractivity contribution in [3.8, 4) is 0 Å². The Morgan fingerprint density at radius 3 is 2.48 bits per heavy atom. The molecule has 0 amide bonds. The van der Waals surface area contributed by atoms with Crippen molar-refractivity contribution in [2.24, 2.45) is 11.8 Å². The summed E-state index contributed by atoms with van der Waals surface area (Å²) in [5, 5.41) is 1.41. The molecule has 0 N–H and O–H groups in total. The lowest BCUT2D eigenvalue weighted by atomic mass is 9.82. The summed E-state index contributed by atoms with van der Waals surface area (Å²) in [5.41, 5.74) is 4.44. The van der Waals surface area contributed by atoms with E-state index >= 15 is 0 Å². The predicted octanol–water partition coefficient (Wildman–Crippen LogP) is 5.68. The molecular weight excluding hydrogens is 328 g/mol. The van der Waals surface area contributed by atoms with E-state index in [9.17, 15) is 0 Å². The van der Waals surface area contributed by atoms with Gasteiger partial charge in [-0.1, -0.05) is 55.5 Å². The zero-order valence-electron chi connectivity index (χ0n) is 16.3. The molecule has 1 saturated heterocycles. The number of likely N-dealkylation sites (tertiary alicyclic amines) is 1. The minimum Gasteiger partial charge on any atom is -0.344 e. The highest BCUT2D eigenvalue weighted by molar-refractivity contribution is 5.81. The third-order valence-electron chi connectivity index (χ3n) is 7.03. The zero-order chi connectivity index (χ0) is 18.2. The summed E-state index contributed by atoms with van der Waals surface area (Å²) in [6.07, 6.45) is 4.13. The summed E-state index contributed by atoms with van der Waals surface area (Å²) in [4.78, 5) is 2.64. The van der Waals surface area contributed by atoms with Crippen LogP contribution in [0.4, 0.5) is 0 Å². The van der Waals surface area contributed by atoms with E-state index in [1.54, 1.807) is 5.69 Å². The van der Waals surface area contributed by atoms with Crippen LogP contribution in [0.2, 0.25) is 0 Å². The normalized spacial score (nSPS) is 23.7. The SMILES string of the molecule is CC1c2cc3ccccc3n2CC1CC1CCN(Cc2ccccc2)CC1. The minimum absolute atomic E-state index is 0.694. The summed E-state index contributed by atoms with van der Waals surface area (Å²) in [6, 6.07) is 22.2. The van der Waals surface area contributed by atoms with Crippen molar-refractivity contribution in [3.63, 3.8) is 0 Å². The molecule has 3 heterocycles. The summed E-state index contributed by atoms with van der Waals surface area (Å²) < 4.78 is 2.59. The molecule has 2 atom stereocenters. The Kier molecular flexibility index (Phi) is 4.53. The smallest absolute Gasteiger partial charge is 0.0482 e. The number of hydrogen-bond donors (Lipinski definition) is 0. The molecule has 2 aliphatic heterocycles. The summed E-state index contributed by atoms with van der Waals surface area (Å²) >= 11 is 0. The van der Waals surface area contributed by atoms with Crippen LogP contribution in [0.5, 0.6) is 0 Å². The fourth-order valence-electron chi connectivity index (χ4n) is 5.38. The molecule has 1 fully saturated rings. The number of fused-ring (bicyclic) bond motifs is 3. The molecular formula is C25H30N2. The third-order valence-corrected chi connectivity index (χ3v) is 7.03. The lowest BCUT2D eigenvalue weighted by Gasteiger charge is -2.33. The lowest BCUT2D eigenvalue weighted by molar-refractivity contribution is 0.157. The van der Waals surface area contributed by atoms with Gasteiger partial charge in [0.15, 0.2) is 0 Å². The average Bonchev–Trinajstić information content (AvgIpc) is 3.21. The van der Waals surface area contributed by atoms with Gasteiger partial charge >= 0.3 is 0 Å². The molecule has 0 saturated carbocycles. The number of hydrogen-bond acceptors (Lipinski definition) is 1. The van der Waals surface area contributed by atoms with E-state index in [-0.39, 0.29) is 0 Å². The van der Waals surface area contributed by atoms with Gasteiger partial charge in [0.05, 0.1) is 0 Å². The lowest BCUT2D eigenvalue weighted by Crippen LogP contribution is -2.34. The number of piperidine rings is 1. The van der Waals surface area contributed by atoms with Crippen LogP contribution in [0.3, 0.4) is 0 Å². The average molecular weight is 359 g/mol. The highest BCUT2D eigenvalue weighted by atomic mass is 15.1. The van der Waals surface area contributed by atoms with Crippen molar-refractivity contribution >= 4 is 10.9 Å². The number of benzene rings is 2. The molecule has 1 aromatic heterocycles. The molecule has 2 aromatic carbocycles. The summed E-state index contributed by atoms with van der Waals surface area (Å²) in [7, 11) is 0. The number of rotatable bonds is 4. The second-order valence-electron chi connectivity index (χ2n) is 8.73. The van der Waals surface area contributed by atoms with Gasteiger partial charge in [-0.05, 0) is 67.3 Å². The maximum atomic E-state index is 2.64. The minimum atomic E-state index is 0.694. The summed E-state index contributed by atoms with van der Waals surface area (Å²) in [6.45, 7) is 7.30. The van der Waals surface area contributed by atoms with Gasteiger partial charge in [-0.2, -0.15) is 0 Å². The molecule has 0 spiro atoms. The molecule has 3 aromatic rings. The topological polar surface area (TPSA) is 8.17 Å². The van der Waals surface area contributed by atoms with Gasteiger partial charge in [-0.3, -0.25) is 4.90 Å². The van der Waals surface area contributed by atoms with Crippen molar-refractivity contribution < 1.29 is 0 Å². The first kappa shape index (κ1) is 17.1. The van der Waals surface area contributed by atoms with Gasteiger partial charge in [-0.25, -0.2) is 0 Å². The molecule has 5 rings (SSSR count). The third kappa shape index (κ3) is 3.32. The summed E-state index contributed by atoms with van der Waals surface area (Å²) in [5.74, 6) is 2.41. The molecule has 27 heavy (non-hydrogen) atoms. The van der Waals surface area contributed by atoms with Crippen LogP contribution in [0.25, 0.3) is 10.9 Å². The van der Waals surface area contributed by atoms with Gasteiger partial charge in [0.1, 0.15) is 0 Å². The standard InChI is InChI=1S/C25H30N2/c1-19-23(18-27-24-10-6-5-9-22(24)16-25(19)27)15-20-11-13-26(14-12-20)17-21-7-3-2-4-8-21/h2-10,16,19-20,23H,11-15,17-18H2,1H3. The maximum absolute atomic E-state index is 2.64. The molecule has 0 bridgehead atoms. The Hall–Kier alpha value is -2.06. The number of aromatic nitrogens is 1. The highest BCUT2D eigenvalue weighted by Gasteiger charge is 2.33. The van der Waals surface area contributed by atoms with E-state index in [0.29, 0.717) is 5.92 Å². The maximum Gasteiger partial charge on any atom is 0.0482 e. The molecule has 2 unspecified atom stereocenters. The van der Waals surface area contributed by atoms with Gasteiger partial charge in [0.2, 0.25) is 0 Å². The Balaban J connectivity index is 1.19. The van der Waals surface area contributed by atoms with Crippen LogP contribution in [0.1, 0.15) is 43.4 Å². The van der Waals surface area contributed by atoms with Gasteiger partial charge in [0.25, 0.3) is 0 Å². The fourth-order valence-corrected chi connectivity index (χ4v) is 5.38. The van der Waals surface area contributed by atoms with Crippen molar-refractivity contribution in [3.05, 3.63) is 71.9 Å². The van der Waals surface area contributed by atoms with E-state index in [2.05, 4.69) is 77.1 Å². The van der Waals surface area contributed by atoms with E-state index in [0.717, 1.165) is 18.4 Å². The first-order valence-electron chi connectivity index (χ1n) is 10.6. The van der Waals surface area contributed by atoms with Crippen LogP contribution in [0, 0.1) is 11.8 Å². The van der Waals surface area contributed by atoms with Crippen molar-refractivity contribution in [1.29, 1.82) is 0 Å². The Morgan fingerprint density at radius 2 is 1.67 bits per heavy atom. The van der Waals surface area contributed by atoms with Crippen LogP contribution in [0.15, 0.2) is 60.7 Å². The van der Waals surface area contributed by atoms with Crippen molar-refractivity contribution in [1.82, 2.24) is 9.47 Å². The zero-order valence-corrected chi connectivity index (χ0v) is 16.3. The van der Waals surface area contributed by atoms with E-state index < -0.39 is 0 Å². The highest BCUT2D eigenvalue weighted by Crippen LogP contribution is 2.42. The molecule has 2 aliphatic rings. The van der Waals surface area contributed by atoms with Gasteiger partial charge < -0.3 is 4.57 Å². The largest absolute Gasteiger partial charge is 0.344 e. The Labute approximate surface area is 162 Å².